The number of rotatable bonds is 8. The van der Waals surface area contributed by atoms with Crippen LogP contribution in [0.5, 0.6) is 0 Å². The maximum Gasteiger partial charge on any atom is 0.303 e. The summed E-state index contributed by atoms with van der Waals surface area (Å²) in [6, 6.07) is 3.09. The summed E-state index contributed by atoms with van der Waals surface area (Å²) in [5, 5.41) is 20.8. The number of nitrogens with zero attached hydrogens (tertiary/aromatic N) is 6. The third kappa shape index (κ3) is 6.38. The molecule has 4 heterocycles. The van der Waals surface area contributed by atoms with Gasteiger partial charge in [0.1, 0.15) is 47.1 Å². The van der Waals surface area contributed by atoms with E-state index in [1.165, 1.54) is 50.3 Å². The number of pyridine rings is 1. The molecule has 0 saturated carbocycles. The smallest absolute Gasteiger partial charge is 0.303 e. The molecular weight excluding hydrogens is 600 g/mol. The summed E-state index contributed by atoms with van der Waals surface area (Å²) >= 11 is 6.03. The standard InChI is InChI=1S/C23H23BrN6O6S2/c1-11-10-37-22(27-11)16-8-30(29-28-16)19-20(35-13(3)32)17(9-34-12(2)31)36-23(21(19)33-4)38-18-5-14(24)7-26-15(18)6-25/h5,7-8,10,17,19-21,23H,9H2,1-4H3/t17-,19+,20+,21-,23-/m1/s1. The van der Waals surface area contributed by atoms with E-state index in [0.29, 0.717) is 20.1 Å². The number of aromatic nitrogens is 5. The summed E-state index contributed by atoms with van der Waals surface area (Å²) in [5.41, 5.74) is 0.853. The zero-order valence-electron chi connectivity index (χ0n) is 20.7. The van der Waals surface area contributed by atoms with Crippen LogP contribution in [0.1, 0.15) is 31.3 Å². The minimum atomic E-state index is -0.947. The van der Waals surface area contributed by atoms with E-state index in [0.717, 1.165) is 5.69 Å². The van der Waals surface area contributed by atoms with Gasteiger partial charge in [-0.05, 0) is 28.9 Å². The van der Waals surface area contributed by atoms with Crippen LogP contribution in [0.2, 0.25) is 0 Å². The molecule has 0 spiro atoms. The van der Waals surface area contributed by atoms with E-state index in [4.69, 9.17) is 18.9 Å². The Morgan fingerprint density at radius 2 is 2.11 bits per heavy atom. The number of hydrogen-bond donors (Lipinski definition) is 0. The summed E-state index contributed by atoms with van der Waals surface area (Å²) in [6.07, 6.45) is 0.659. The van der Waals surface area contributed by atoms with Crippen LogP contribution in [0, 0.1) is 18.3 Å². The van der Waals surface area contributed by atoms with Gasteiger partial charge in [0.15, 0.2) is 11.8 Å². The van der Waals surface area contributed by atoms with Gasteiger partial charge in [-0.15, -0.1) is 16.4 Å². The van der Waals surface area contributed by atoms with Gasteiger partial charge in [0.2, 0.25) is 0 Å². The number of halogens is 1. The molecule has 200 valence electrons. The number of thioether (sulfide) groups is 1. The highest BCUT2D eigenvalue weighted by Crippen LogP contribution is 2.42. The molecule has 0 radical (unpaired) electrons. The van der Waals surface area contributed by atoms with Gasteiger partial charge in [0, 0.05) is 47.6 Å². The average molecular weight is 624 g/mol. The van der Waals surface area contributed by atoms with Crippen molar-refractivity contribution in [2.24, 2.45) is 0 Å². The molecule has 0 unspecified atom stereocenters. The molecule has 5 atom stereocenters. The number of nitriles is 1. The van der Waals surface area contributed by atoms with Crippen LogP contribution in [0.3, 0.4) is 0 Å². The van der Waals surface area contributed by atoms with Crippen LogP contribution >= 0.6 is 39.0 Å². The number of esters is 2. The Balaban J connectivity index is 1.77. The first-order chi connectivity index (χ1) is 18.2. The Kier molecular flexibility index (Phi) is 9.11. The lowest BCUT2D eigenvalue weighted by atomic mass is 9.96. The van der Waals surface area contributed by atoms with Crippen molar-refractivity contribution in [1.29, 1.82) is 5.26 Å². The fourth-order valence-electron chi connectivity index (χ4n) is 3.92. The van der Waals surface area contributed by atoms with Crippen LogP contribution in [0.4, 0.5) is 0 Å². The fourth-order valence-corrected chi connectivity index (χ4v) is 6.41. The largest absolute Gasteiger partial charge is 0.463 e. The molecule has 0 aromatic carbocycles. The Labute approximate surface area is 234 Å². The van der Waals surface area contributed by atoms with E-state index in [1.54, 1.807) is 16.9 Å². The molecule has 1 aliphatic heterocycles. The van der Waals surface area contributed by atoms with Crippen molar-refractivity contribution in [3.63, 3.8) is 0 Å². The Morgan fingerprint density at radius 3 is 2.74 bits per heavy atom. The fraction of sp³-hybridized carbons (Fsp3) is 0.435. The SMILES string of the molecule is CO[C@@H]1[C@@H](n2cc(-c3nc(C)cs3)nn2)[C@@H](OC(C)=O)[C@@H](COC(C)=O)O[C@@H]1Sc1cc(Br)cnc1C#N. The number of aryl methyl sites for hydroxylation is 1. The second kappa shape index (κ2) is 12.3. The number of methoxy groups -OCH3 is 1. The summed E-state index contributed by atoms with van der Waals surface area (Å²) in [7, 11) is 1.50. The van der Waals surface area contributed by atoms with Gasteiger partial charge in [-0.2, -0.15) is 5.26 Å². The van der Waals surface area contributed by atoms with Crippen molar-refractivity contribution in [2.45, 2.75) is 55.5 Å². The van der Waals surface area contributed by atoms with E-state index in [2.05, 4.69) is 42.3 Å². The van der Waals surface area contributed by atoms with Gasteiger partial charge in [-0.25, -0.2) is 14.6 Å². The van der Waals surface area contributed by atoms with E-state index in [9.17, 15) is 14.9 Å². The molecule has 1 fully saturated rings. The minimum Gasteiger partial charge on any atom is -0.463 e. The number of hydrogen-bond acceptors (Lipinski definition) is 13. The molecule has 15 heteroatoms. The quantitative estimate of drug-likeness (QED) is 0.339. The molecule has 0 amide bonds. The van der Waals surface area contributed by atoms with Crippen molar-refractivity contribution >= 4 is 51.0 Å². The molecule has 0 aliphatic carbocycles. The summed E-state index contributed by atoms with van der Waals surface area (Å²) < 4.78 is 25.4. The predicted octanol–water partition coefficient (Wildman–Crippen LogP) is 3.31. The Hall–Kier alpha value is -2.90. The van der Waals surface area contributed by atoms with Gasteiger partial charge in [0.05, 0.1) is 6.20 Å². The third-order valence-electron chi connectivity index (χ3n) is 5.46. The molecule has 12 nitrogen and oxygen atoms in total. The van der Waals surface area contributed by atoms with Crippen LogP contribution in [-0.2, 0) is 28.5 Å². The van der Waals surface area contributed by atoms with Crippen molar-refractivity contribution in [1.82, 2.24) is 25.0 Å². The van der Waals surface area contributed by atoms with Crippen LogP contribution in [0.25, 0.3) is 10.7 Å². The molecular formula is C23H23BrN6O6S2. The number of carbonyl (C=O) groups excluding carboxylic acids is 2. The zero-order chi connectivity index (χ0) is 27.4. The van der Waals surface area contributed by atoms with Crippen molar-refractivity contribution in [2.75, 3.05) is 13.7 Å². The van der Waals surface area contributed by atoms with Crippen molar-refractivity contribution in [3.8, 4) is 16.8 Å². The van der Waals surface area contributed by atoms with Gasteiger partial charge in [0.25, 0.3) is 0 Å². The highest BCUT2D eigenvalue weighted by atomic mass is 79.9. The van der Waals surface area contributed by atoms with Gasteiger partial charge >= 0.3 is 11.9 Å². The average Bonchev–Trinajstić information content (AvgIpc) is 3.52. The van der Waals surface area contributed by atoms with Crippen LogP contribution in [0.15, 0.2) is 33.2 Å². The highest BCUT2D eigenvalue weighted by molar-refractivity contribution is 9.10. The van der Waals surface area contributed by atoms with Crippen molar-refractivity contribution in [3.05, 3.63) is 39.7 Å². The molecule has 3 aromatic rings. The van der Waals surface area contributed by atoms with E-state index >= 15 is 0 Å². The summed E-state index contributed by atoms with van der Waals surface area (Å²) in [5.74, 6) is -1.08. The lowest BCUT2D eigenvalue weighted by Gasteiger charge is -2.44. The number of ether oxygens (including phenoxy) is 4. The predicted molar refractivity (Wildman–Crippen MR) is 139 cm³/mol. The van der Waals surface area contributed by atoms with Gasteiger partial charge in [-0.3, -0.25) is 9.59 Å². The van der Waals surface area contributed by atoms with Crippen molar-refractivity contribution < 1.29 is 28.5 Å². The number of thiazole rings is 1. The second-order valence-corrected chi connectivity index (χ2v) is 11.1. The molecule has 3 aromatic heterocycles. The van der Waals surface area contributed by atoms with Gasteiger partial charge in [-0.1, -0.05) is 17.0 Å². The van der Waals surface area contributed by atoms with E-state index in [-0.39, 0.29) is 12.3 Å². The van der Waals surface area contributed by atoms with Gasteiger partial charge < -0.3 is 18.9 Å². The minimum absolute atomic E-state index is 0.188. The van der Waals surface area contributed by atoms with Crippen LogP contribution < -0.4 is 0 Å². The molecule has 1 aliphatic rings. The molecule has 1 saturated heterocycles. The van der Waals surface area contributed by atoms with E-state index < -0.39 is 41.7 Å². The first kappa shape index (κ1) is 28.1. The topological polar surface area (TPSA) is 151 Å². The Bertz CT molecular complexity index is 1360. The first-order valence-electron chi connectivity index (χ1n) is 11.3. The first-order valence-corrected chi connectivity index (χ1v) is 13.8. The zero-order valence-corrected chi connectivity index (χ0v) is 23.9. The monoisotopic (exact) mass is 622 g/mol. The molecule has 0 bridgehead atoms. The molecule has 38 heavy (non-hydrogen) atoms. The normalized spacial score (nSPS) is 23.0. The Morgan fingerprint density at radius 1 is 1.32 bits per heavy atom. The number of carbonyl (C=O) groups is 2. The van der Waals surface area contributed by atoms with Crippen LogP contribution in [-0.4, -0.2) is 74.4 Å². The lowest BCUT2D eigenvalue weighted by molar-refractivity contribution is -0.208. The summed E-state index contributed by atoms with van der Waals surface area (Å²) in [6.45, 7) is 4.25. The van der Waals surface area contributed by atoms with E-state index in [1.807, 2.05) is 12.3 Å². The molecule has 4 rings (SSSR count). The second-order valence-electron chi connectivity index (χ2n) is 8.22. The lowest BCUT2D eigenvalue weighted by Crippen LogP contribution is -2.57. The summed E-state index contributed by atoms with van der Waals surface area (Å²) in [4.78, 5) is 33.0. The third-order valence-corrected chi connectivity index (χ3v) is 8.06. The maximum absolute atomic E-state index is 12.2. The molecule has 0 N–H and O–H groups in total. The maximum atomic E-state index is 12.2. The highest BCUT2D eigenvalue weighted by Gasteiger charge is 2.50.